The maximum absolute atomic E-state index is 12.6. The highest BCUT2D eigenvalue weighted by atomic mass is 35.5. The lowest BCUT2D eigenvalue weighted by Gasteiger charge is -2.12. The molecular weight excluding hydrogens is 352 g/mol. The molecule has 0 radical (unpaired) electrons. The molecule has 0 amide bonds. The minimum atomic E-state index is -1.38. The van der Waals surface area contributed by atoms with Gasteiger partial charge in [0, 0.05) is 23.6 Å². The number of pyridine rings is 2. The number of carboxylic acids is 1. The molecule has 1 N–H and O–H groups in total. The molecule has 9 heteroatoms. The fourth-order valence-corrected chi connectivity index (χ4v) is 3.74. The SMILES string of the molecule is Cc1ccnc2c1c(=O)c(C(=O)O)c(Cl)n2-c1nc(C2CC2)ns1. The Balaban J connectivity index is 2.11. The lowest BCUT2D eigenvalue weighted by atomic mass is 10.1. The van der Waals surface area contributed by atoms with Gasteiger partial charge in [-0.2, -0.15) is 4.37 Å². The van der Waals surface area contributed by atoms with Crippen LogP contribution in [0.2, 0.25) is 5.15 Å². The Labute approximate surface area is 144 Å². The van der Waals surface area contributed by atoms with Gasteiger partial charge in [0.25, 0.3) is 0 Å². The summed E-state index contributed by atoms with van der Waals surface area (Å²) in [6.07, 6.45) is 3.65. The van der Waals surface area contributed by atoms with E-state index in [1.807, 2.05) is 0 Å². The van der Waals surface area contributed by atoms with E-state index in [9.17, 15) is 14.7 Å². The number of aromatic carboxylic acids is 1. The number of halogens is 1. The minimum Gasteiger partial charge on any atom is -0.477 e. The van der Waals surface area contributed by atoms with E-state index in [0.29, 0.717) is 16.6 Å². The molecule has 1 aliphatic carbocycles. The molecule has 0 saturated heterocycles. The molecule has 0 bridgehead atoms. The third-order valence-corrected chi connectivity index (χ3v) is 5.06. The number of aryl methyl sites for hydroxylation is 1. The van der Waals surface area contributed by atoms with Gasteiger partial charge in [-0.1, -0.05) is 11.6 Å². The van der Waals surface area contributed by atoms with E-state index in [0.717, 1.165) is 30.2 Å². The van der Waals surface area contributed by atoms with Crippen molar-refractivity contribution in [1.29, 1.82) is 0 Å². The lowest BCUT2D eigenvalue weighted by molar-refractivity contribution is 0.0695. The summed E-state index contributed by atoms with van der Waals surface area (Å²) in [6, 6.07) is 1.66. The fourth-order valence-electron chi connectivity index (χ4n) is 2.60. The predicted octanol–water partition coefficient (Wildman–Crippen LogP) is 2.77. The number of hydrogen-bond donors (Lipinski definition) is 1. The highest BCUT2D eigenvalue weighted by molar-refractivity contribution is 7.08. The molecule has 3 aromatic rings. The zero-order valence-corrected chi connectivity index (χ0v) is 14.1. The maximum Gasteiger partial charge on any atom is 0.342 e. The Morgan fingerprint density at radius 3 is 2.88 bits per heavy atom. The summed E-state index contributed by atoms with van der Waals surface area (Å²) in [5, 5.41) is 9.84. The Morgan fingerprint density at radius 1 is 1.46 bits per heavy atom. The van der Waals surface area contributed by atoms with Crippen molar-refractivity contribution in [2.45, 2.75) is 25.7 Å². The zero-order chi connectivity index (χ0) is 17.0. The van der Waals surface area contributed by atoms with Crippen molar-refractivity contribution in [3.05, 3.63) is 44.6 Å². The maximum atomic E-state index is 12.6. The molecule has 7 nitrogen and oxygen atoms in total. The van der Waals surface area contributed by atoms with E-state index in [1.54, 1.807) is 19.2 Å². The van der Waals surface area contributed by atoms with E-state index in [-0.39, 0.29) is 16.2 Å². The molecule has 1 saturated carbocycles. The van der Waals surface area contributed by atoms with Crippen LogP contribution in [0.1, 0.15) is 40.5 Å². The molecule has 3 aromatic heterocycles. The van der Waals surface area contributed by atoms with E-state index >= 15 is 0 Å². The third kappa shape index (κ3) is 2.22. The van der Waals surface area contributed by atoms with Crippen LogP contribution in [0.15, 0.2) is 17.1 Å². The quantitative estimate of drug-likeness (QED) is 0.719. The van der Waals surface area contributed by atoms with Crippen LogP contribution in [0.5, 0.6) is 0 Å². The van der Waals surface area contributed by atoms with Crippen molar-refractivity contribution in [2.75, 3.05) is 0 Å². The molecule has 4 rings (SSSR count). The third-order valence-electron chi connectivity index (χ3n) is 3.99. The molecule has 1 fully saturated rings. The van der Waals surface area contributed by atoms with Crippen molar-refractivity contribution in [1.82, 2.24) is 18.9 Å². The summed E-state index contributed by atoms with van der Waals surface area (Å²) in [4.78, 5) is 32.8. The van der Waals surface area contributed by atoms with Crippen LogP contribution in [-0.4, -0.2) is 30.0 Å². The van der Waals surface area contributed by atoms with Gasteiger partial charge in [0.15, 0.2) is 5.65 Å². The number of hydrogen-bond acceptors (Lipinski definition) is 6. The summed E-state index contributed by atoms with van der Waals surface area (Å²) in [5.74, 6) is -0.300. The Hall–Kier alpha value is -2.32. The van der Waals surface area contributed by atoms with Gasteiger partial charge < -0.3 is 5.11 Å². The Kier molecular flexibility index (Phi) is 3.40. The summed E-state index contributed by atoms with van der Waals surface area (Å²) in [7, 11) is 0. The van der Waals surface area contributed by atoms with E-state index in [1.165, 1.54) is 4.57 Å². The van der Waals surface area contributed by atoms with Crippen LogP contribution in [0.4, 0.5) is 0 Å². The molecule has 0 atom stereocenters. The van der Waals surface area contributed by atoms with E-state index in [2.05, 4.69) is 14.3 Å². The largest absolute Gasteiger partial charge is 0.477 e. The van der Waals surface area contributed by atoms with E-state index < -0.39 is 17.0 Å². The number of fused-ring (bicyclic) bond motifs is 1. The number of aromatic nitrogens is 4. The lowest BCUT2D eigenvalue weighted by Crippen LogP contribution is -2.21. The van der Waals surface area contributed by atoms with Crippen LogP contribution in [0.25, 0.3) is 16.2 Å². The van der Waals surface area contributed by atoms with Crippen molar-refractivity contribution in [2.24, 2.45) is 0 Å². The van der Waals surface area contributed by atoms with Gasteiger partial charge in [0.05, 0.1) is 5.39 Å². The molecule has 0 spiro atoms. The smallest absolute Gasteiger partial charge is 0.342 e. The number of carboxylic acid groups (broad SMARTS) is 1. The molecule has 0 aromatic carbocycles. The zero-order valence-electron chi connectivity index (χ0n) is 12.5. The number of carbonyl (C=O) groups is 1. The van der Waals surface area contributed by atoms with Crippen molar-refractivity contribution in [3.8, 4) is 5.13 Å². The molecule has 122 valence electrons. The van der Waals surface area contributed by atoms with Gasteiger partial charge in [-0.15, -0.1) is 0 Å². The van der Waals surface area contributed by atoms with Gasteiger partial charge in [-0.25, -0.2) is 14.8 Å². The predicted molar refractivity (Wildman–Crippen MR) is 89.5 cm³/mol. The van der Waals surface area contributed by atoms with Crippen LogP contribution in [-0.2, 0) is 0 Å². The first-order chi connectivity index (χ1) is 11.5. The van der Waals surface area contributed by atoms with Gasteiger partial charge in [-0.05, 0) is 31.4 Å². The highest BCUT2D eigenvalue weighted by Crippen LogP contribution is 2.39. The van der Waals surface area contributed by atoms with E-state index in [4.69, 9.17) is 11.6 Å². The first-order valence-corrected chi connectivity index (χ1v) is 8.41. The van der Waals surface area contributed by atoms with Crippen molar-refractivity contribution in [3.63, 3.8) is 0 Å². The molecular formula is C15H11ClN4O3S. The number of nitrogens with zero attached hydrogens (tertiary/aromatic N) is 4. The molecule has 24 heavy (non-hydrogen) atoms. The van der Waals surface area contributed by atoms with Gasteiger partial charge in [-0.3, -0.25) is 9.36 Å². The second-order valence-corrected chi connectivity index (χ2v) is 6.76. The second kappa shape index (κ2) is 5.35. The Morgan fingerprint density at radius 2 is 2.21 bits per heavy atom. The highest BCUT2D eigenvalue weighted by Gasteiger charge is 2.30. The Bertz CT molecular complexity index is 1050. The summed E-state index contributed by atoms with van der Waals surface area (Å²) < 4.78 is 5.72. The normalized spacial score (nSPS) is 14.2. The minimum absolute atomic E-state index is 0.211. The summed E-state index contributed by atoms with van der Waals surface area (Å²) in [5.41, 5.74) is -0.210. The number of rotatable bonds is 3. The molecule has 0 unspecified atom stereocenters. The van der Waals surface area contributed by atoms with Gasteiger partial charge >= 0.3 is 5.97 Å². The van der Waals surface area contributed by atoms with Crippen LogP contribution in [0.3, 0.4) is 0 Å². The standard InChI is InChI=1S/C15H11ClN4O3S/c1-6-4-5-17-13-8(6)10(21)9(14(22)23)11(16)20(13)15-18-12(19-24-15)7-2-3-7/h4-5,7H,2-3H2,1H3,(H,22,23). The van der Waals surface area contributed by atoms with Gasteiger partial charge in [0.1, 0.15) is 16.5 Å². The average Bonchev–Trinajstić information content (AvgIpc) is 3.26. The average molecular weight is 363 g/mol. The van der Waals surface area contributed by atoms with Crippen LogP contribution < -0.4 is 5.43 Å². The first-order valence-electron chi connectivity index (χ1n) is 7.26. The van der Waals surface area contributed by atoms with Crippen LogP contribution in [0, 0.1) is 6.92 Å². The molecule has 1 aliphatic rings. The van der Waals surface area contributed by atoms with Crippen molar-refractivity contribution < 1.29 is 9.90 Å². The topological polar surface area (TPSA) is 98.0 Å². The van der Waals surface area contributed by atoms with Crippen LogP contribution >= 0.6 is 23.1 Å². The second-order valence-electron chi connectivity index (χ2n) is 5.67. The molecule has 3 heterocycles. The van der Waals surface area contributed by atoms with Gasteiger partial charge in [0.2, 0.25) is 10.6 Å². The molecule has 0 aliphatic heterocycles. The van der Waals surface area contributed by atoms with Crippen molar-refractivity contribution >= 4 is 40.1 Å². The fraction of sp³-hybridized carbons (Fsp3) is 0.267. The summed E-state index contributed by atoms with van der Waals surface area (Å²) >= 11 is 7.37. The first kappa shape index (κ1) is 15.2. The monoisotopic (exact) mass is 362 g/mol. The summed E-state index contributed by atoms with van der Waals surface area (Å²) in [6.45, 7) is 1.73.